The lowest BCUT2D eigenvalue weighted by Crippen LogP contribution is -2.65. The number of sulfonamides is 1. The smallest absolute Gasteiger partial charge is 0.235 e. The fraction of sp³-hybridized carbons (Fsp3) is 0.467. The number of aromatic nitrogens is 2. The Bertz CT molecular complexity index is 1630. The minimum atomic E-state index is -3.44. The largest absolute Gasteiger partial charge is 0.494 e. The minimum absolute atomic E-state index is 0.308. The summed E-state index contributed by atoms with van der Waals surface area (Å²) >= 11 is 3.50. The van der Waals surface area contributed by atoms with Gasteiger partial charge in [0.2, 0.25) is 16.0 Å². The van der Waals surface area contributed by atoms with Crippen molar-refractivity contribution in [3.05, 3.63) is 52.6 Å². The summed E-state index contributed by atoms with van der Waals surface area (Å²) in [4.78, 5) is 13.5. The maximum Gasteiger partial charge on any atom is 0.235 e. The molecule has 3 fully saturated rings. The van der Waals surface area contributed by atoms with Gasteiger partial charge in [-0.15, -0.1) is 0 Å². The molecule has 2 saturated heterocycles. The monoisotopic (exact) mass is 689 g/mol. The number of hydrogen-bond donors (Lipinski definition) is 4. The van der Waals surface area contributed by atoms with Crippen molar-refractivity contribution in [2.75, 3.05) is 60.2 Å². The Kier molecular flexibility index (Phi) is 8.61. The molecule has 11 nitrogen and oxygen atoms in total. The second kappa shape index (κ2) is 12.3. The number of aliphatic hydroxyl groups is 1. The molecule has 44 heavy (non-hydrogen) atoms. The summed E-state index contributed by atoms with van der Waals surface area (Å²) in [6, 6.07) is 11.4. The van der Waals surface area contributed by atoms with Crippen LogP contribution in [-0.2, 0) is 10.0 Å². The number of ether oxygens (including phenoxy) is 1. The average molecular weight is 691 g/mol. The summed E-state index contributed by atoms with van der Waals surface area (Å²) in [6.07, 6.45) is 4.83. The minimum Gasteiger partial charge on any atom is -0.494 e. The zero-order valence-corrected chi connectivity index (χ0v) is 27.1. The summed E-state index contributed by atoms with van der Waals surface area (Å²) in [5.74, 6) is 1.43. The van der Waals surface area contributed by atoms with Gasteiger partial charge in [0.15, 0.2) is 5.67 Å². The predicted octanol–water partition coefficient (Wildman–Crippen LogP) is 4.93. The number of benzene rings is 2. The Hall–Kier alpha value is -3.20. The van der Waals surface area contributed by atoms with Crippen LogP contribution in [0.25, 0.3) is 0 Å². The maximum atomic E-state index is 14.2. The molecule has 1 aliphatic carbocycles. The molecule has 14 heteroatoms. The predicted molar refractivity (Wildman–Crippen MR) is 174 cm³/mol. The van der Waals surface area contributed by atoms with E-state index in [1.54, 1.807) is 31.5 Å². The molecule has 3 aliphatic rings. The van der Waals surface area contributed by atoms with Gasteiger partial charge in [-0.05, 0) is 72.3 Å². The highest BCUT2D eigenvalue weighted by molar-refractivity contribution is 9.10. The SMILES string of the molecule is COc1cc(N2CCC(N3CC(F)(CO)C3)CC2)c(C)cc1Nc1ncc(Br)c(Nc2ccccc2NS(=O)(=O)C2CC2)n1. The molecule has 0 amide bonds. The molecule has 0 unspecified atom stereocenters. The Morgan fingerprint density at radius 1 is 1.09 bits per heavy atom. The molecule has 3 heterocycles. The Morgan fingerprint density at radius 2 is 1.80 bits per heavy atom. The van der Waals surface area contributed by atoms with Crippen LogP contribution in [0.15, 0.2) is 47.1 Å². The van der Waals surface area contributed by atoms with E-state index in [1.165, 1.54) is 0 Å². The molecular formula is C30H37BrFN7O4S. The van der Waals surface area contributed by atoms with E-state index in [9.17, 15) is 17.9 Å². The van der Waals surface area contributed by atoms with E-state index in [0.29, 0.717) is 71.0 Å². The normalized spacial score (nSPS) is 18.9. The van der Waals surface area contributed by atoms with Crippen LogP contribution < -0.4 is 25.0 Å². The van der Waals surface area contributed by atoms with Crippen LogP contribution in [0.3, 0.4) is 0 Å². The third kappa shape index (κ3) is 6.58. The van der Waals surface area contributed by atoms with Crippen molar-refractivity contribution in [2.24, 2.45) is 0 Å². The van der Waals surface area contributed by atoms with E-state index in [-0.39, 0.29) is 5.25 Å². The Labute approximate surface area is 265 Å². The van der Waals surface area contributed by atoms with Crippen LogP contribution in [0.5, 0.6) is 5.75 Å². The van der Waals surface area contributed by atoms with Crippen LogP contribution >= 0.6 is 15.9 Å². The number of aryl methyl sites for hydroxylation is 1. The van der Waals surface area contributed by atoms with Gasteiger partial charge in [0.25, 0.3) is 0 Å². The fourth-order valence-corrected chi connectivity index (χ4v) is 7.55. The summed E-state index contributed by atoms with van der Waals surface area (Å²) < 4.78 is 48.4. The van der Waals surface area contributed by atoms with Gasteiger partial charge in [-0.3, -0.25) is 9.62 Å². The molecule has 0 spiro atoms. The Balaban J connectivity index is 1.15. The highest BCUT2D eigenvalue weighted by Gasteiger charge is 2.46. The lowest BCUT2D eigenvalue weighted by atomic mass is 9.91. The first kappa shape index (κ1) is 30.8. The van der Waals surface area contributed by atoms with Gasteiger partial charge in [-0.1, -0.05) is 12.1 Å². The zero-order valence-electron chi connectivity index (χ0n) is 24.7. The standard InChI is InChI=1S/C30H37BrFN7O4S/c1-19-13-25(27(43-2)14-26(19)38-11-9-20(10-12-38)39-16-30(32,17-39)18-40)35-29-33-15-22(31)28(36-29)34-23-5-3-4-6-24(23)37-44(41,42)21-7-8-21/h3-6,13-15,20-21,37,40H,7-12,16-18H2,1-2H3,(H2,33,34,35,36). The molecule has 1 aromatic heterocycles. The topological polar surface area (TPSA) is 132 Å². The molecule has 0 bridgehead atoms. The van der Waals surface area contributed by atoms with E-state index in [0.717, 1.165) is 37.2 Å². The molecule has 2 aliphatic heterocycles. The molecule has 6 rings (SSSR count). The van der Waals surface area contributed by atoms with Crippen molar-refractivity contribution >= 4 is 60.5 Å². The maximum absolute atomic E-state index is 14.2. The quantitative estimate of drug-likeness (QED) is 0.220. The van der Waals surface area contributed by atoms with Crippen LogP contribution in [0.1, 0.15) is 31.2 Å². The summed E-state index contributed by atoms with van der Waals surface area (Å²) in [6.45, 7) is 3.95. The number of hydrogen-bond acceptors (Lipinski definition) is 10. The first-order chi connectivity index (χ1) is 21.1. The van der Waals surface area contributed by atoms with Crippen LogP contribution in [0, 0.1) is 6.92 Å². The van der Waals surface area contributed by atoms with Crippen molar-refractivity contribution in [1.82, 2.24) is 14.9 Å². The van der Waals surface area contributed by atoms with E-state index in [1.807, 2.05) is 18.2 Å². The van der Waals surface area contributed by atoms with Gasteiger partial charge in [-0.25, -0.2) is 17.8 Å². The number of para-hydroxylation sites is 2. The molecule has 4 N–H and O–H groups in total. The lowest BCUT2D eigenvalue weighted by Gasteiger charge is -2.50. The number of methoxy groups -OCH3 is 1. The van der Waals surface area contributed by atoms with Gasteiger partial charge in [-0.2, -0.15) is 4.98 Å². The zero-order chi connectivity index (χ0) is 31.1. The molecule has 2 aromatic carbocycles. The second-order valence-corrected chi connectivity index (χ2v) is 14.6. The van der Waals surface area contributed by atoms with Gasteiger partial charge < -0.3 is 25.4 Å². The van der Waals surface area contributed by atoms with E-state index >= 15 is 0 Å². The molecule has 0 radical (unpaired) electrons. The highest BCUT2D eigenvalue weighted by Crippen LogP contribution is 2.38. The Morgan fingerprint density at radius 3 is 2.45 bits per heavy atom. The van der Waals surface area contributed by atoms with E-state index in [4.69, 9.17) is 4.74 Å². The second-order valence-electron chi connectivity index (χ2n) is 11.8. The van der Waals surface area contributed by atoms with Gasteiger partial charge >= 0.3 is 0 Å². The molecular weight excluding hydrogens is 653 g/mol. The molecule has 1 saturated carbocycles. The molecule has 3 aromatic rings. The summed E-state index contributed by atoms with van der Waals surface area (Å²) in [7, 11) is -1.82. The van der Waals surface area contributed by atoms with Crippen molar-refractivity contribution < 1.29 is 22.7 Å². The number of nitrogens with zero attached hydrogens (tertiary/aromatic N) is 4. The number of nitrogens with one attached hydrogen (secondary N) is 3. The van der Waals surface area contributed by atoms with Crippen LogP contribution in [0.4, 0.5) is 38.9 Å². The van der Waals surface area contributed by atoms with E-state index in [2.05, 4.69) is 58.0 Å². The van der Waals surface area contributed by atoms with Crippen molar-refractivity contribution in [1.29, 1.82) is 0 Å². The third-order valence-corrected chi connectivity index (χ3v) is 10.9. The van der Waals surface area contributed by atoms with Gasteiger partial charge in [0, 0.05) is 50.2 Å². The lowest BCUT2D eigenvalue weighted by molar-refractivity contribution is -0.0896. The van der Waals surface area contributed by atoms with Crippen molar-refractivity contribution in [3.63, 3.8) is 0 Å². The number of likely N-dealkylation sites (tertiary alicyclic amines) is 1. The average Bonchev–Trinajstić information content (AvgIpc) is 3.85. The number of anilines is 6. The van der Waals surface area contributed by atoms with E-state index < -0.39 is 22.3 Å². The first-order valence-electron chi connectivity index (χ1n) is 14.7. The highest BCUT2D eigenvalue weighted by atomic mass is 79.9. The number of halogens is 2. The van der Waals surface area contributed by atoms with Crippen LogP contribution in [0.2, 0.25) is 0 Å². The number of alkyl halides is 1. The summed E-state index contributed by atoms with van der Waals surface area (Å²) in [5.41, 5.74) is 2.41. The third-order valence-electron chi connectivity index (χ3n) is 8.48. The number of piperidine rings is 1. The van der Waals surface area contributed by atoms with Gasteiger partial charge in [0.1, 0.15) is 11.6 Å². The van der Waals surface area contributed by atoms with Crippen molar-refractivity contribution in [2.45, 2.75) is 49.6 Å². The van der Waals surface area contributed by atoms with Crippen LogP contribution in [-0.4, -0.2) is 85.2 Å². The molecule has 0 atom stereocenters. The first-order valence-corrected chi connectivity index (χ1v) is 17.1. The number of rotatable bonds is 11. The van der Waals surface area contributed by atoms with Gasteiger partial charge in [0.05, 0.1) is 40.5 Å². The fourth-order valence-electron chi connectivity index (χ4n) is 5.86. The number of aliphatic hydroxyl groups excluding tert-OH is 1. The van der Waals surface area contributed by atoms with Crippen molar-refractivity contribution in [3.8, 4) is 5.75 Å². The molecule has 236 valence electrons. The summed E-state index contributed by atoms with van der Waals surface area (Å²) in [5, 5.41) is 15.4.